The van der Waals surface area contributed by atoms with E-state index in [1.165, 1.54) is 17.6 Å². The summed E-state index contributed by atoms with van der Waals surface area (Å²) >= 11 is 0. The zero-order valence-electron chi connectivity index (χ0n) is 12.6. The van der Waals surface area contributed by atoms with Crippen molar-refractivity contribution in [3.63, 3.8) is 0 Å². The van der Waals surface area contributed by atoms with Crippen molar-refractivity contribution in [1.82, 2.24) is 4.90 Å². The van der Waals surface area contributed by atoms with Crippen molar-refractivity contribution in [1.29, 1.82) is 0 Å². The molecule has 0 aromatic carbocycles. The number of allylic oxidation sites excluding steroid dienone is 2. The van der Waals surface area contributed by atoms with Gasteiger partial charge in [-0.1, -0.05) is 39.8 Å². The first-order valence-electron chi connectivity index (χ1n) is 6.70. The van der Waals surface area contributed by atoms with E-state index in [9.17, 15) is 0 Å². The third kappa shape index (κ3) is 5.50. The van der Waals surface area contributed by atoms with Crippen molar-refractivity contribution in [3.8, 4) is 0 Å². The Bertz CT molecular complexity index is 189. The zero-order valence-corrected chi connectivity index (χ0v) is 12.6. The lowest BCUT2D eigenvalue weighted by Gasteiger charge is -2.33. The van der Waals surface area contributed by atoms with Crippen molar-refractivity contribution in [2.24, 2.45) is 0 Å². The highest BCUT2D eigenvalue weighted by molar-refractivity contribution is 5.34. The monoisotopic (exact) mass is 225 g/mol. The maximum absolute atomic E-state index is 2.41. The summed E-state index contributed by atoms with van der Waals surface area (Å²) in [7, 11) is 2.20. The molecular formula is C15H31N. The van der Waals surface area contributed by atoms with Crippen LogP contribution >= 0.6 is 0 Å². The van der Waals surface area contributed by atoms with Gasteiger partial charge < -0.3 is 0 Å². The van der Waals surface area contributed by atoms with Crippen molar-refractivity contribution < 1.29 is 0 Å². The number of likely N-dealkylation sites (N-methyl/N-ethyl adjacent to an activating group) is 1. The van der Waals surface area contributed by atoms with Crippen molar-refractivity contribution in [2.45, 2.75) is 60.9 Å². The minimum atomic E-state index is 0.694. The van der Waals surface area contributed by atoms with E-state index in [-0.39, 0.29) is 0 Å². The van der Waals surface area contributed by atoms with E-state index >= 15 is 0 Å². The van der Waals surface area contributed by atoms with Gasteiger partial charge in [-0.3, -0.25) is 4.90 Å². The van der Waals surface area contributed by atoms with Gasteiger partial charge in [0.05, 0.1) is 0 Å². The van der Waals surface area contributed by atoms with Gasteiger partial charge in [-0.15, -0.1) is 0 Å². The molecule has 0 N–H and O–H groups in total. The maximum atomic E-state index is 2.41. The van der Waals surface area contributed by atoms with Crippen LogP contribution in [0.3, 0.4) is 0 Å². The standard InChI is InChI=1S/C11H19N.2C2H6/c1-5-10-7-9(3)12(4)8-11(10)6-2;2*1-2/h5-6,9H,7-8H2,1-4H3;2*1-2H3/b10-5-,11-6-;;. The Morgan fingerprint density at radius 2 is 1.44 bits per heavy atom. The molecule has 16 heavy (non-hydrogen) atoms. The summed E-state index contributed by atoms with van der Waals surface area (Å²) in [6.45, 7) is 15.7. The minimum absolute atomic E-state index is 0.694. The highest BCUT2D eigenvalue weighted by Crippen LogP contribution is 2.25. The van der Waals surface area contributed by atoms with E-state index < -0.39 is 0 Å². The predicted molar refractivity (Wildman–Crippen MR) is 76.9 cm³/mol. The van der Waals surface area contributed by atoms with Crippen LogP contribution in [0.1, 0.15) is 54.9 Å². The molecule has 1 unspecified atom stereocenters. The first-order chi connectivity index (χ1) is 7.69. The Morgan fingerprint density at radius 3 is 1.81 bits per heavy atom. The Morgan fingerprint density at radius 1 is 1.00 bits per heavy atom. The molecule has 0 radical (unpaired) electrons. The second-order valence-corrected chi connectivity index (χ2v) is 3.60. The molecule has 1 fully saturated rings. The number of nitrogens with zero attached hydrogens (tertiary/aromatic N) is 1. The van der Waals surface area contributed by atoms with E-state index in [1.807, 2.05) is 27.7 Å². The van der Waals surface area contributed by atoms with Gasteiger partial charge in [0.2, 0.25) is 0 Å². The Hall–Kier alpha value is -0.560. The number of rotatable bonds is 0. The fraction of sp³-hybridized carbons (Fsp3) is 0.733. The van der Waals surface area contributed by atoms with Crippen LogP contribution in [-0.2, 0) is 0 Å². The third-order valence-electron chi connectivity index (χ3n) is 2.80. The molecule has 0 saturated carbocycles. The van der Waals surface area contributed by atoms with Gasteiger partial charge in [0, 0.05) is 12.6 Å². The lowest BCUT2D eigenvalue weighted by molar-refractivity contribution is 0.259. The number of piperidine rings is 1. The van der Waals surface area contributed by atoms with Gasteiger partial charge in [0.15, 0.2) is 0 Å². The maximum Gasteiger partial charge on any atom is 0.0232 e. The minimum Gasteiger partial charge on any atom is -0.299 e. The summed E-state index contributed by atoms with van der Waals surface area (Å²) in [6, 6.07) is 0.694. The van der Waals surface area contributed by atoms with Gasteiger partial charge in [-0.25, -0.2) is 0 Å². The molecule has 1 heterocycles. The van der Waals surface area contributed by atoms with Crippen molar-refractivity contribution in [2.75, 3.05) is 13.6 Å². The number of hydrogen-bond acceptors (Lipinski definition) is 1. The molecule has 96 valence electrons. The molecule has 1 nitrogen and oxygen atoms in total. The average molecular weight is 225 g/mol. The van der Waals surface area contributed by atoms with Crippen LogP contribution in [-0.4, -0.2) is 24.5 Å². The molecule has 0 amide bonds. The van der Waals surface area contributed by atoms with Gasteiger partial charge in [0.1, 0.15) is 0 Å². The quantitative estimate of drug-likeness (QED) is 0.580. The molecule has 0 aromatic heterocycles. The molecule has 1 saturated heterocycles. The van der Waals surface area contributed by atoms with Crippen molar-refractivity contribution in [3.05, 3.63) is 23.3 Å². The van der Waals surface area contributed by atoms with Crippen LogP contribution in [0.2, 0.25) is 0 Å². The summed E-state index contributed by atoms with van der Waals surface area (Å²) in [4.78, 5) is 2.41. The fourth-order valence-electron chi connectivity index (χ4n) is 1.71. The van der Waals surface area contributed by atoms with Crippen LogP contribution in [0, 0.1) is 0 Å². The van der Waals surface area contributed by atoms with Crippen LogP contribution in [0.5, 0.6) is 0 Å². The van der Waals surface area contributed by atoms with Crippen LogP contribution < -0.4 is 0 Å². The Balaban J connectivity index is 0. The first kappa shape index (κ1) is 17.8. The van der Waals surface area contributed by atoms with Gasteiger partial charge in [0.25, 0.3) is 0 Å². The fourth-order valence-corrected chi connectivity index (χ4v) is 1.71. The van der Waals surface area contributed by atoms with Crippen LogP contribution in [0.15, 0.2) is 23.3 Å². The molecule has 0 spiro atoms. The van der Waals surface area contributed by atoms with E-state index in [2.05, 4.69) is 44.9 Å². The summed E-state index contributed by atoms with van der Waals surface area (Å²) in [5.41, 5.74) is 3.03. The molecular weight excluding hydrogens is 194 g/mol. The molecule has 1 aliphatic heterocycles. The summed E-state index contributed by atoms with van der Waals surface area (Å²) < 4.78 is 0. The van der Waals surface area contributed by atoms with Crippen molar-refractivity contribution >= 4 is 0 Å². The number of likely N-dealkylation sites (tertiary alicyclic amines) is 1. The average Bonchev–Trinajstić information content (AvgIpc) is 2.37. The highest BCUT2D eigenvalue weighted by atomic mass is 15.1. The van der Waals surface area contributed by atoms with Gasteiger partial charge >= 0.3 is 0 Å². The summed E-state index contributed by atoms with van der Waals surface area (Å²) in [6.07, 6.45) is 5.68. The van der Waals surface area contributed by atoms with E-state index in [4.69, 9.17) is 0 Å². The largest absolute Gasteiger partial charge is 0.299 e. The second-order valence-electron chi connectivity index (χ2n) is 3.60. The molecule has 0 bridgehead atoms. The third-order valence-corrected chi connectivity index (χ3v) is 2.80. The lowest BCUT2D eigenvalue weighted by atomic mass is 9.93. The molecule has 1 atom stereocenters. The molecule has 1 aliphatic rings. The number of hydrogen-bond donors (Lipinski definition) is 0. The predicted octanol–water partition coefficient (Wildman–Crippen LogP) is 4.66. The summed E-state index contributed by atoms with van der Waals surface area (Å²) in [5, 5.41) is 0. The van der Waals surface area contributed by atoms with Gasteiger partial charge in [-0.2, -0.15) is 0 Å². The zero-order chi connectivity index (χ0) is 13.1. The van der Waals surface area contributed by atoms with E-state index in [0.29, 0.717) is 6.04 Å². The topological polar surface area (TPSA) is 3.24 Å². The van der Waals surface area contributed by atoms with Crippen LogP contribution in [0.25, 0.3) is 0 Å². The Kier molecular flexibility index (Phi) is 12.2. The molecule has 0 aliphatic carbocycles. The summed E-state index contributed by atoms with van der Waals surface area (Å²) in [5.74, 6) is 0. The lowest BCUT2D eigenvalue weighted by Crippen LogP contribution is -2.36. The highest BCUT2D eigenvalue weighted by Gasteiger charge is 2.20. The molecule has 0 aromatic rings. The van der Waals surface area contributed by atoms with E-state index in [0.717, 1.165) is 6.54 Å². The molecule has 1 rings (SSSR count). The SMILES string of the molecule is C/C=C1/CC(C)N(C)C/C1=C/C.CC.CC. The second kappa shape index (κ2) is 10.9. The first-order valence-corrected chi connectivity index (χ1v) is 6.70. The Labute approximate surface area is 103 Å². The van der Waals surface area contributed by atoms with Gasteiger partial charge in [-0.05, 0) is 45.4 Å². The smallest absolute Gasteiger partial charge is 0.0232 e. The molecule has 1 heteroatoms. The normalized spacial score (nSPS) is 25.6. The van der Waals surface area contributed by atoms with E-state index in [1.54, 1.807) is 0 Å². The van der Waals surface area contributed by atoms with Crippen LogP contribution in [0.4, 0.5) is 0 Å².